The molecule has 31 heavy (non-hydrogen) atoms. The number of nitrogens with zero attached hydrogens (tertiary/aromatic N) is 1. The molecule has 0 radical (unpaired) electrons. The summed E-state index contributed by atoms with van der Waals surface area (Å²) in [6, 6.07) is 28.5. The number of benzene rings is 3. The van der Waals surface area contributed by atoms with E-state index in [0.717, 1.165) is 52.5 Å². The van der Waals surface area contributed by atoms with Crippen LogP contribution in [0.5, 0.6) is 0 Å². The van der Waals surface area contributed by atoms with Crippen LogP contribution < -0.4 is 5.32 Å². The molecule has 0 aliphatic carbocycles. The van der Waals surface area contributed by atoms with Gasteiger partial charge >= 0.3 is 0 Å². The molecule has 0 fully saturated rings. The fraction of sp³-hybridized carbons (Fsp3) is 0.214. The molecule has 3 heteroatoms. The van der Waals surface area contributed by atoms with Crippen molar-refractivity contribution in [3.63, 3.8) is 0 Å². The summed E-state index contributed by atoms with van der Waals surface area (Å²) in [4.78, 5) is 18.4. The van der Waals surface area contributed by atoms with Crippen LogP contribution in [0, 0.1) is 0 Å². The molecule has 4 aromatic rings. The molecule has 0 spiro atoms. The quantitative estimate of drug-likeness (QED) is 0.395. The number of aromatic nitrogens is 1. The van der Waals surface area contributed by atoms with Crippen molar-refractivity contribution in [2.24, 2.45) is 0 Å². The van der Waals surface area contributed by atoms with Crippen LogP contribution in [0.15, 0.2) is 84.9 Å². The molecule has 1 unspecified atom stereocenters. The highest BCUT2D eigenvalue weighted by Crippen LogP contribution is 2.30. The molecule has 0 aliphatic rings. The van der Waals surface area contributed by atoms with E-state index in [0.29, 0.717) is 0 Å². The van der Waals surface area contributed by atoms with Crippen LogP contribution in [0.2, 0.25) is 0 Å². The molecular weight excluding hydrogens is 380 g/mol. The zero-order chi connectivity index (χ0) is 21.6. The minimum Gasteiger partial charge on any atom is -0.350 e. The van der Waals surface area contributed by atoms with E-state index in [1.165, 1.54) is 5.56 Å². The van der Waals surface area contributed by atoms with Gasteiger partial charge in [0.25, 0.3) is 5.91 Å². The molecule has 1 amide bonds. The Morgan fingerprint density at radius 1 is 0.903 bits per heavy atom. The highest BCUT2D eigenvalue weighted by atomic mass is 16.1. The number of pyridine rings is 1. The van der Waals surface area contributed by atoms with Crippen LogP contribution in [-0.2, 0) is 12.8 Å². The maximum Gasteiger partial charge on any atom is 0.252 e. The zero-order valence-corrected chi connectivity index (χ0v) is 18.1. The average molecular weight is 409 g/mol. The molecule has 0 aliphatic heterocycles. The Balaban J connectivity index is 1.67. The minimum atomic E-state index is -0.0202. The number of amides is 1. The van der Waals surface area contributed by atoms with Gasteiger partial charge in [-0.3, -0.25) is 4.79 Å². The second-order valence-electron chi connectivity index (χ2n) is 7.95. The molecule has 0 saturated carbocycles. The normalized spacial score (nSPS) is 11.9. The molecule has 1 N–H and O–H groups in total. The average Bonchev–Trinajstić information content (AvgIpc) is 2.82. The number of carbonyl (C=O) groups excluding carboxylic acids is 1. The number of hydrogen-bond acceptors (Lipinski definition) is 2. The third-order valence-corrected chi connectivity index (χ3v) is 5.71. The smallest absolute Gasteiger partial charge is 0.252 e. The van der Waals surface area contributed by atoms with Gasteiger partial charge in [0.1, 0.15) is 0 Å². The van der Waals surface area contributed by atoms with Gasteiger partial charge in [-0.1, -0.05) is 85.8 Å². The summed E-state index contributed by atoms with van der Waals surface area (Å²) in [7, 11) is 0. The van der Waals surface area contributed by atoms with E-state index in [9.17, 15) is 4.79 Å². The van der Waals surface area contributed by atoms with E-state index in [2.05, 4.69) is 55.6 Å². The lowest BCUT2D eigenvalue weighted by Crippen LogP contribution is -2.34. The molecule has 4 rings (SSSR count). The number of carbonyl (C=O) groups is 1. The van der Waals surface area contributed by atoms with Crippen LogP contribution in [0.3, 0.4) is 0 Å². The summed E-state index contributed by atoms with van der Waals surface area (Å²) in [5.74, 6) is -0.0202. The molecule has 3 aromatic carbocycles. The van der Waals surface area contributed by atoms with Crippen molar-refractivity contribution >= 4 is 16.8 Å². The predicted molar refractivity (Wildman–Crippen MR) is 128 cm³/mol. The van der Waals surface area contributed by atoms with E-state index in [4.69, 9.17) is 4.98 Å². The van der Waals surface area contributed by atoms with Gasteiger partial charge in [0.05, 0.1) is 16.8 Å². The van der Waals surface area contributed by atoms with E-state index in [-0.39, 0.29) is 11.9 Å². The molecule has 3 nitrogen and oxygen atoms in total. The van der Waals surface area contributed by atoms with E-state index < -0.39 is 0 Å². The SMILES string of the molecule is CCc1c(-c2ccccc2)nc2ccccc2c1C(=O)NC(C)CCc1ccccc1. The zero-order valence-electron chi connectivity index (χ0n) is 18.1. The Kier molecular flexibility index (Phi) is 6.42. The van der Waals surface area contributed by atoms with Crippen LogP contribution in [0.1, 0.15) is 41.8 Å². The Morgan fingerprint density at radius 3 is 2.26 bits per heavy atom. The minimum absolute atomic E-state index is 0.0202. The fourth-order valence-corrected chi connectivity index (χ4v) is 4.09. The van der Waals surface area contributed by atoms with Crippen molar-refractivity contribution < 1.29 is 4.79 Å². The molecule has 0 saturated heterocycles. The summed E-state index contributed by atoms with van der Waals surface area (Å²) in [5, 5.41) is 4.15. The highest BCUT2D eigenvalue weighted by molar-refractivity contribution is 6.09. The molecule has 1 atom stereocenters. The second-order valence-corrected chi connectivity index (χ2v) is 7.95. The van der Waals surface area contributed by atoms with Gasteiger partial charge in [-0.05, 0) is 43.4 Å². The van der Waals surface area contributed by atoms with Crippen LogP contribution in [0.25, 0.3) is 22.2 Å². The topological polar surface area (TPSA) is 42.0 Å². The summed E-state index contributed by atoms with van der Waals surface area (Å²) < 4.78 is 0. The first kappa shape index (κ1) is 20.8. The first-order valence-electron chi connectivity index (χ1n) is 11.0. The van der Waals surface area contributed by atoms with Crippen molar-refractivity contribution in [3.8, 4) is 11.3 Å². The van der Waals surface area contributed by atoms with E-state index in [1.807, 2.05) is 48.5 Å². The Labute approximate surface area is 184 Å². The van der Waals surface area contributed by atoms with Gasteiger partial charge in [-0.2, -0.15) is 0 Å². The van der Waals surface area contributed by atoms with Crippen LogP contribution >= 0.6 is 0 Å². The first-order valence-corrected chi connectivity index (χ1v) is 11.0. The van der Waals surface area contributed by atoms with E-state index >= 15 is 0 Å². The lowest BCUT2D eigenvalue weighted by molar-refractivity contribution is 0.0939. The lowest BCUT2D eigenvalue weighted by Gasteiger charge is -2.19. The Bertz CT molecular complexity index is 1170. The summed E-state index contributed by atoms with van der Waals surface area (Å²) in [5.41, 5.74) is 5.82. The molecular formula is C28H28N2O. The van der Waals surface area contributed by atoms with Crippen molar-refractivity contribution in [3.05, 3.63) is 102 Å². The van der Waals surface area contributed by atoms with Gasteiger partial charge in [0, 0.05) is 17.0 Å². The van der Waals surface area contributed by atoms with Crippen molar-refractivity contribution in [1.29, 1.82) is 0 Å². The number of nitrogens with one attached hydrogen (secondary N) is 1. The van der Waals surface area contributed by atoms with Crippen molar-refractivity contribution in [1.82, 2.24) is 10.3 Å². The number of aryl methyl sites for hydroxylation is 1. The summed E-state index contributed by atoms with van der Waals surface area (Å²) in [6.07, 6.45) is 2.57. The third kappa shape index (κ3) is 4.66. The van der Waals surface area contributed by atoms with Gasteiger partial charge in [-0.15, -0.1) is 0 Å². The third-order valence-electron chi connectivity index (χ3n) is 5.71. The van der Waals surface area contributed by atoms with Gasteiger partial charge in [-0.25, -0.2) is 4.98 Å². The highest BCUT2D eigenvalue weighted by Gasteiger charge is 2.21. The van der Waals surface area contributed by atoms with Gasteiger partial charge in [0.2, 0.25) is 0 Å². The fourth-order valence-electron chi connectivity index (χ4n) is 4.09. The van der Waals surface area contributed by atoms with E-state index in [1.54, 1.807) is 0 Å². The first-order chi connectivity index (χ1) is 15.2. The number of fused-ring (bicyclic) bond motifs is 1. The van der Waals surface area contributed by atoms with Crippen LogP contribution in [-0.4, -0.2) is 16.9 Å². The molecule has 1 aromatic heterocycles. The molecule has 0 bridgehead atoms. The predicted octanol–water partition coefficient (Wildman–Crippen LogP) is 6.22. The summed E-state index contributed by atoms with van der Waals surface area (Å²) in [6.45, 7) is 4.17. The Morgan fingerprint density at radius 2 is 1.55 bits per heavy atom. The number of rotatable bonds is 7. The molecule has 1 heterocycles. The maximum absolute atomic E-state index is 13.5. The largest absolute Gasteiger partial charge is 0.350 e. The second kappa shape index (κ2) is 9.57. The van der Waals surface area contributed by atoms with Gasteiger partial charge < -0.3 is 5.32 Å². The van der Waals surface area contributed by atoms with Gasteiger partial charge in [0.15, 0.2) is 0 Å². The van der Waals surface area contributed by atoms with Crippen LogP contribution in [0.4, 0.5) is 0 Å². The monoisotopic (exact) mass is 408 g/mol. The standard InChI is InChI=1S/C28H28N2O/c1-3-23-26(28(31)29-20(2)18-19-21-12-6-4-7-13-21)24-16-10-11-17-25(24)30-27(23)22-14-8-5-9-15-22/h4-17,20H,3,18-19H2,1-2H3,(H,29,31). The van der Waals surface area contributed by atoms with Crippen molar-refractivity contribution in [2.45, 2.75) is 39.2 Å². The number of hydrogen-bond donors (Lipinski definition) is 1. The van der Waals surface area contributed by atoms with Crippen molar-refractivity contribution in [2.75, 3.05) is 0 Å². The maximum atomic E-state index is 13.5. The summed E-state index contributed by atoms with van der Waals surface area (Å²) >= 11 is 0. The Hall–Kier alpha value is -3.46. The molecule has 156 valence electrons. The number of para-hydroxylation sites is 1. The lowest BCUT2D eigenvalue weighted by atomic mass is 9.94.